The fourth-order valence-corrected chi connectivity index (χ4v) is 3.35. The number of esters is 1. The minimum atomic E-state index is -0.609. The molecule has 0 bridgehead atoms. The zero-order valence-corrected chi connectivity index (χ0v) is 18.9. The van der Waals surface area contributed by atoms with Crippen molar-refractivity contribution in [3.05, 3.63) is 87.4 Å². The number of nitro benzene ring substituents is 1. The summed E-state index contributed by atoms with van der Waals surface area (Å²) in [4.78, 5) is 43.5. The molecule has 4 aromatic rings. The Morgan fingerprint density at radius 3 is 2.43 bits per heavy atom. The molecule has 176 valence electrons. The van der Waals surface area contributed by atoms with Crippen LogP contribution < -0.4 is 16.0 Å². The van der Waals surface area contributed by atoms with Crippen LogP contribution in [0.1, 0.15) is 10.4 Å². The van der Waals surface area contributed by atoms with Crippen molar-refractivity contribution in [1.29, 1.82) is 0 Å². The summed E-state index contributed by atoms with van der Waals surface area (Å²) in [6.07, 6.45) is 0. The van der Waals surface area contributed by atoms with Gasteiger partial charge in [0, 0.05) is 33.9 Å². The lowest BCUT2D eigenvalue weighted by molar-refractivity contribution is -0.384. The standard InChI is InChI=1S/C23H17ClN6O5/c1-35-21(31)13-5-7-15(8-6-13)25-20-18-12-17(30(33)34)9-10-19(18)27-22(28-20)29-23(32)26-16-4-2-3-14(24)11-16/h2-12H,1H3,(H3,25,26,27,28,29,32). The molecule has 0 radical (unpaired) electrons. The lowest BCUT2D eigenvalue weighted by Gasteiger charge is -2.12. The second kappa shape index (κ2) is 10.0. The van der Waals surface area contributed by atoms with Gasteiger partial charge in [-0.3, -0.25) is 15.4 Å². The summed E-state index contributed by atoms with van der Waals surface area (Å²) in [6, 6.07) is 16.4. The number of nitro groups is 1. The topological polar surface area (TPSA) is 148 Å². The molecule has 0 atom stereocenters. The SMILES string of the molecule is COC(=O)c1ccc(Nc2nc(NC(=O)Nc3cccc(Cl)c3)nc3ccc([N+](=O)[O-])cc23)cc1. The number of carbonyl (C=O) groups excluding carboxylic acids is 2. The van der Waals surface area contributed by atoms with Crippen LogP contribution in [0.25, 0.3) is 10.9 Å². The summed E-state index contributed by atoms with van der Waals surface area (Å²) in [6.45, 7) is 0. The van der Waals surface area contributed by atoms with E-state index >= 15 is 0 Å². The van der Waals surface area contributed by atoms with E-state index in [2.05, 4.69) is 25.9 Å². The van der Waals surface area contributed by atoms with Gasteiger partial charge in [-0.25, -0.2) is 14.6 Å². The molecule has 1 aromatic heterocycles. The van der Waals surface area contributed by atoms with Gasteiger partial charge in [-0.15, -0.1) is 0 Å². The van der Waals surface area contributed by atoms with Crippen molar-refractivity contribution in [2.45, 2.75) is 0 Å². The second-order valence-corrected chi connectivity index (χ2v) is 7.57. The van der Waals surface area contributed by atoms with Crippen molar-refractivity contribution < 1.29 is 19.2 Å². The molecule has 35 heavy (non-hydrogen) atoms. The van der Waals surface area contributed by atoms with Crippen LogP contribution in [0, 0.1) is 10.1 Å². The Kier molecular flexibility index (Phi) is 6.69. The van der Waals surface area contributed by atoms with Gasteiger partial charge in [-0.1, -0.05) is 17.7 Å². The van der Waals surface area contributed by atoms with E-state index in [4.69, 9.17) is 16.3 Å². The van der Waals surface area contributed by atoms with Crippen LogP contribution in [0.3, 0.4) is 0 Å². The van der Waals surface area contributed by atoms with Crippen LogP contribution >= 0.6 is 11.6 Å². The summed E-state index contributed by atoms with van der Waals surface area (Å²) in [5.41, 5.74) is 1.57. The van der Waals surface area contributed by atoms with Crippen LogP contribution in [-0.4, -0.2) is 34.0 Å². The number of carbonyl (C=O) groups is 2. The molecule has 4 rings (SSSR count). The molecule has 0 unspecified atom stereocenters. The first-order valence-corrected chi connectivity index (χ1v) is 10.5. The monoisotopic (exact) mass is 492 g/mol. The first-order chi connectivity index (χ1) is 16.8. The van der Waals surface area contributed by atoms with Crippen molar-refractivity contribution in [3.8, 4) is 0 Å². The van der Waals surface area contributed by atoms with Gasteiger partial charge in [0.1, 0.15) is 5.82 Å². The number of ether oxygens (including phenoxy) is 1. The quantitative estimate of drug-likeness (QED) is 0.185. The number of hydrogen-bond donors (Lipinski definition) is 3. The molecule has 0 aliphatic carbocycles. The number of urea groups is 1. The summed E-state index contributed by atoms with van der Waals surface area (Å²) < 4.78 is 4.69. The third kappa shape index (κ3) is 5.60. The summed E-state index contributed by atoms with van der Waals surface area (Å²) >= 11 is 5.94. The molecule has 3 N–H and O–H groups in total. The summed E-state index contributed by atoms with van der Waals surface area (Å²) in [7, 11) is 1.28. The highest BCUT2D eigenvalue weighted by molar-refractivity contribution is 6.30. The molecular formula is C23H17ClN6O5. The van der Waals surface area contributed by atoms with Gasteiger partial charge in [0.25, 0.3) is 5.69 Å². The molecule has 11 nitrogen and oxygen atoms in total. The first kappa shape index (κ1) is 23.4. The molecule has 0 aliphatic rings. The minimum Gasteiger partial charge on any atom is -0.465 e. The molecule has 0 spiro atoms. The molecule has 2 amide bonds. The normalized spacial score (nSPS) is 10.5. The predicted molar refractivity (Wildman–Crippen MR) is 131 cm³/mol. The zero-order chi connectivity index (χ0) is 24.9. The number of fused-ring (bicyclic) bond motifs is 1. The van der Waals surface area contributed by atoms with Crippen molar-refractivity contribution in [3.63, 3.8) is 0 Å². The third-order valence-electron chi connectivity index (χ3n) is 4.77. The van der Waals surface area contributed by atoms with Gasteiger partial charge < -0.3 is 15.4 Å². The van der Waals surface area contributed by atoms with Gasteiger partial charge >= 0.3 is 12.0 Å². The van der Waals surface area contributed by atoms with Crippen LogP contribution in [0.15, 0.2) is 66.7 Å². The average Bonchev–Trinajstić information content (AvgIpc) is 2.83. The average molecular weight is 493 g/mol. The van der Waals surface area contributed by atoms with Crippen molar-refractivity contribution in [2.75, 3.05) is 23.1 Å². The highest BCUT2D eigenvalue weighted by Crippen LogP contribution is 2.29. The van der Waals surface area contributed by atoms with Crippen LogP contribution in [0.4, 0.5) is 33.6 Å². The van der Waals surface area contributed by atoms with E-state index in [0.29, 0.717) is 32.9 Å². The van der Waals surface area contributed by atoms with Crippen LogP contribution in [-0.2, 0) is 4.74 Å². The van der Waals surface area contributed by atoms with E-state index in [1.165, 1.54) is 25.3 Å². The molecule has 0 fully saturated rings. The maximum Gasteiger partial charge on any atom is 0.337 e. The van der Waals surface area contributed by atoms with E-state index in [0.717, 1.165) is 0 Å². The van der Waals surface area contributed by atoms with Crippen molar-refractivity contribution in [1.82, 2.24) is 9.97 Å². The van der Waals surface area contributed by atoms with Crippen molar-refractivity contribution >= 4 is 63.3 Å². The smallest absolute Gasteiger partial charge is 0.337 e. The van der Waals surface area contributed by atoms with E-state index < -0.39 is 16.9 Å². The van der Waals surface area contributed by atoms with E-state index in [9.17, 15) is 19.7 Å². The van der Waals surface area contributed by atoms with Crippen LogP contribution in [0.5, 0.6) is 0 Å². The Balaban J connectivity index is 1.66. The number of methoxy groups -OCH3 is 1. The van der Waals surface area contributed by atoms with E-state index in [-0.39, 0.29) is 17.5 Å². The number of aromatic nitrogens is 2. The fraction of sp³-hybridized carbons (Fsp3) is 0.0435. The second-order valence-electron chi connectivity index (χ2n) is 7.14. The van der Waals surface area contributed by atoms with Gasteiger partial charge in [0.05, 0.1) is 23.1 Å². The Morgan fingerprint density at radius 2 is 1.74 bits per heavy atom. The Morgan fingerprint density at radius 1 is 0.971 bits per heavy atom. The third-order valence-corrected chi connectivity index (χ3v) is 5.00. The number of hydrogen-bond acceptors (Lipinski definition) is 8. The molecule has 1 heterocycles. The molecular weight excluding hydrogens is 476 g/mol. The number of amides is 2. The summed E-state index contributed by atoms with van der Waals surface area (Å²) in [5, 5.41) is 20.3. The van der Waals surface area contributed by atoms with Gasteiger partial charge in [-0.2, -0.15) is 4.98 Å². The molecule has 0 saturated heterocycles. The lowest BCUT2D eigenvalue weighted by atomic mass is 10.2. The predicted octanol–water partition coefficient (Wildman–Crippen LogP) is 5.37. The number of non-ortho nitro benzene ring substituents is 1. The minimum absolute atomic E-state index is 0.0421. The van der Waals surface area contributed by atoms with E-state index in [1.807, 2.05) is 0 Å². The Bertz CT molecular complexity index is 1440. The van der Waals surface area contributed by atoms with Crippen LogP contribution in [0.2, 0.25) is 5.02 Å². The van der Waals surface area contributed by atoms with Gasteiger partial charge in [0.15, 0.2) is 0 Å². The number of rotatable bonds is 6. The number of nitrogens with one attached hydrogen (secondary N) is 3. The molecule has 0 aliphatic heterocycles. The Labute approximate surface area is 203 Å². The fourth-order valence-electron chi connectivity index (χ4n) is 3.16. The highest BCUT2D eigenvalue weighted by Gasteiger charge is 2.15. The lowest BCUT2D eigenvalue weighted by Crippen LogP contribution is -2.21. The maximum absolute atomic E-state index is 12.5. The first-order valence-electron chi connectivity index (χ1n) is 10.1. The number of benzene rings is 3. The summed E-state index contributed by atoms with van der Waals surface area (Å²) in [5.74, 6) is -0.320. The van der Waals surface area contributed by atoms with Gasteiger partial charge in [-0.05, 0) is 48.5 Å². The Hall–Kier alpha value is -4.77. The van der Waals surface area contributed by atoms with Crippen molar-refractivity contribution in [2.24, 2.45) is 0 Å². The highest BCUT2D eigenvalue weighted by atomic mass is 35.5. The van der Waals surface area contributed by atoms with E-state index in [1.54, 1.807) is 48.5 Å². The number of nitrogens with zero attached hydrogens (tertiary/aromatic N) is 3. The largest absolute Gasteiger partial charge is 0.465 e. The maximum atomic E-state index is 12.5. The van der Waals surface area contributed by atoms with Gasteiger partial charge in [0.2, 0.25) is 5.95 Å². The molecule has 12 heteroatoms. The molecule has 0 saturated carbocycles. The molecule has 3 aromatic carbocycles. The number of halogens is 1. The number of anilines is 4. The zero-order valence-electron chi connectivity index (χ0n) is 18.1.